The zero-order valence-corrected chi connectivity index (χ0v) is 19.3. The lowest BCUT2D eigenvalue weighted by Crippen LogP contribution is -2.23. The summed E-state index contributed by atoms with van der Waals surface area (Å²) in [6.07, 6.45) is 3.69. The quantitative estimate of drug-likeness (QED) is 0.458. The molecule has 0 saturated carbocycles. The summed E-state index contributed by atoms with van der Waals surface area (Å²) in [6.45, 7) is 2.42. The molecular formula is C25H22F3N5O2. The van der Waals surface area contributed by atoms with Crippen LogP contribution < -0.4 is 10.1 Å². The van der Waals surface area contributed by atoms with E-state index in [0.29, 0.717) is 41.6 Å². The SMILES string of the molecule is Cc1cn2c(NCc3c(F)ccc4c3CCO4)ncc(-c3cc(F)c(C(=O)N(C)C)cc3F)c2n1. The standard InChI is InChI=1S/C25H22F3N5O2/c1-13-12-33-23(31-13)18(15-8-21(28)16(9-20(15)27)24(34)32(2)3)11-30-25(33)29-10-17-14-6-7-35-22(14)5-4-19(17)26/h4-5,8-9,11-12H,6-7,10H2,1-3H3,(H,29,30). The maximum absolute atomic E-state index is 15.0. The second kappa shape index (κ2) is 8.61. The Morgan fingerprint density at radius 3 is 2.71 bits per heavy atom. The van der Waals surface area contributed by atoms with Gasteiger partial charge in [0.05, 0.1) is 17.9 Å². The van der Waals surface area contributed by atoms with Crippen LogP contribution in [0.25, 0.3) is 16.8 Å². The number of rotatable bonds is 5. The van der Waals surface area contributed by atoms with Gasteiger partial charge in [0.15, 0.2) is 0 Å². The number of nitrogens with zero attached hydrogens (tertiary/aromatic N) is 4. The average molecular weight is 481 g/mol. The van der Waals surface area contributed by atoms with Gasteiger partial charge in [-0.3, -0.25) is 9.20 Å². The number of hydrogen-bond acceptors (Lipinski definition) is 5. The number of carbonyl (C=O) groups is 1. The van der Waals surface area contributed by atoms with Crippen molar-refractivity contribution in [2.45, 2.75) is 19.9 Å². The number of amides is 1. The molecule has 0 bridgehead atoms. The molecule has 0 unspecified atom stereocenters. The monoisotopic (exact) mass is 481 g/mol. The molecule has 2 aromatic carbocycles. The van der Waals surface area contributed by atoms with Crippen molar-refractivity contribution in [3.63, 3.8) is 0 Å². The van der Waals surface area contributed by atoms with E-state index in [2.05, 4.69) is 15.3 Å². The summed E-state index contributed by atoms with van der Waals surface area (Å²) >= 11 is 0. The molecule has 4 aromatic rings. The molecule has 1 amide bonds. The normalized spacial score (nSPS) is 12.5. The minimum absolute atomic E-state index is 0.0727. The minimum atomic E-state index is -0.848. The van der Waals surface area contributed by atoms with Gasteiger partial charge < -0.3 is 15.0 Å². The highest BCUT2D eigenvalue weighted by atomic mass is 19.1. The lowest BCUT2D eigenvalue weighted by molar-refractivity contribution is 0.0822. The maximum Gasteiger partial charge on any atom is 0.256 e. The van der Waals surface area contributed by atoms with E-state index in [1.165, 1.54) is 31.3 Å². The highest BCUT2D eigenvalue weighted by Gasteiger charge is 2.22. The van der Waals surface area contributed by atoms with Crippen molar-refractivity contribution in [1.29, 1.82) is 0 Å². The Morgan fingerprint density at radius 2 is 1.94 bits per heavy atom. The number of ether oxygens (including phenoxy) is 1. The molecule has 2 aromatic heterocycles. The zero-order chi connectivity index (χ0) is 24.9. The first-order chi connectivity index (χ1) is 16.7. The summed E-state index contributed by atoms with van der Waals surface area (Å²) < 4.78 is 51.5. The van der Waals surface area contributed by atoms with Gasteiger partial charge in [-0.1, -0.05) is 0 Å². The Labute approximate surface area is 199 Å². The molecule has 35 heavy (non-hydrogen) atoms. The Morgan fingerprint density at radius 1 is 1.14 bits per heavy atom. The van der Waals surface area contributed by atoms with Gasteiger partial charge in [-0.15, -0.1) is 0 Å². The molecule has 7 nitrogen and oxygen atoms in total. The largest absolute Gasteiger partial charge is 0.493 e. The summed E-state index contributed by atoms with van der Waals surface area (Å²) in [5.41, 5.74) is 2.09. The van der Waals surface area contributed by atoms with Crippen LogP contribution in [0.15, 0.2) is 36.7 Å². The Bertz CT molecular complexity index is 1480. The van der Waals surface area contributed by atoms with Crippen LogP contribution >= 0.6 is 0 Å². The van der Waals surface area contributed by atoms with Crippen molar-refractivity contribution in [2.24, 2.45) is 0 Å². The number of nitrogens with one attached hydrogen (secondary N) is 1. The Kier molecular flexibility index (Phi) is 5.58. The van der Waals surface area contributed by atoms with E-state index in [4.69, 9.17) is 4.74 Å². The molecule has 0 fully saturated rings. The van der Waals surface area contributed by atoms with Gasteiger partial charge >= 0.3 is 0 Å². The fourth-order valence-corrected chi connectivity index (χ4v) is 4.25. The van der Waals surface area contributed by atoms with E-state index in [9.17, 15) is 13.6 Å². The first-order valence-corrected chi connectivity index (χ1v) is 11.0. The predicted octanol–water partition coefficient (Wildman–Crippen LogP) is 4.37. The van der Waals surface area contributed by atoms with Crippen molar-refractivity contribution in [3.8, 4) is 16.9 Å². The van der Waals surface area contributed by atoms with Gasteiger partial charge in [0.2, 0.25) is 5.95 Å². The Hall–Kier alpha value is -4.08. The molecule has 0 atom stereocenters. The molecule has 3 heterocycles. The molecule has 1 aliphatic rings. The molecule has 0 saturated heterocycles. The lowest BCUT2D eigenvalue weighted by Gasteiger charge is -2.14. The molecule has 0 radical (unpaired) electrons. The summed E-state index contributed by atoms with van der Waals surface area (Å²) in [5.74, 6) is -1.58. The van der Waals surface area contributed by atoms with Crippen molar-refractivity contribution in [2.75, 3.05) is 26.0 Å². The van der Waals surface area contributed by atoms with Crippen LogP contribution in [0.5, 0.6) is 5.75 Å². The first kappa shape index (κ1) is 22.7. The third-order valence-electron chi connectivity index (χ3n) is 5.96. The molecule has 10 heteroatoms. The molecule has 1 N–H and O–H groups in total. The van der Waals surface area contributed by atoms with Crippen LogP contribution in [0.2, 0.25) is 0 Å². The fraction of sp³-hybridized carbons (Fsp3) is 0.240. The molecular weight excluding hydrogens is 459 g/mol. The summed E-state index contributed by atoms with van der Waals surface area (Å²) in [6, 6.07) is 4.85. The Balaban J connectivity index is 1.53. The second-order valence-corrected chi connectivity index (χ2v) is 8.54. The topological polar surface area (TPSA) is 71.8 Å². The van der Waals surface area contributed by atoms with Gasteiger partial charge in [0, 0.05) is 61.7 Å². The summed E-state index contributed by atoms with van der Waals surface area (Å²) in [5, 5.41) is 3.13. The van der Waals surface area contributed by atoms with E-state index in [0.717, 1.165) is 17.7 Å². The summed E-state index contributed by atoms with van der Waals surface area (Å²) in [4.78, 5) is 22.2. The van der Waals surface area contributed by atoms with Crippen molar-refractivity contribution >= 4 is 17.5 Å². The van der Waals surface area contributed by atoms with Crippen LogP contribution in [0.3, 0.4) is 0 Å². The molecule has 5 rings (SSSR count). The summed E-state index contributed by atoms with van der Waals surface area (Å²) in [7, 11) is 2.92. The molecule has 180 valence electrons. The minimum Gasteiger partial charge on any atom is -0.493 e. The number of benzene rings is 2. The number of hydrogen-bond donors (Lipinski definition) is 1. The van der Waals surface area contributed by atoms with Gasteiger partial charge in [-0.25, -0.2) is 23.1 Å². The van der Waals surface area contributed by atoms with Gasteiger partial charge in [-0.05, 0) is 31.2 Å². The number of halogens is 3. The van der Waals surface area contributed by atoms with Crippen molar-refractivity contribution in [3.05, 3.63) is 76.5 Å². The van der Waals surface area contributed by atoms with Crippen LogP contribution in [-0.4, -0.2) is 45.9 Å². The fourth-order valence-electron chi connectivity index (χ4n) is 4.25. The first-order valence-electron chi connectivity index (χ1n) is 11.0. The lowest BCUT2D eigenvalue weighted by atomic mass is 10.0. The maximum atomic E-state index is 15.0. The smallest absolute Gasteiger partial charge is 0.256 e. The number of anilines is 1. The van der Waals surface area contributed by atoms with Crippen LogP contribution in [0.4, 0.5) is 19.1 Å². The van der Waals surface area contributed by atoms with Gasteiger partial charge in [0.1, 0.15) is 28.8 Å². The highest BCUT2D eigenvalue weighted by molar-refractivity contribution is 5.95. The van der Waals surface area contributed by atoms with Crippen molar-refractivity contribution in [1.82, 2.24) is 19.3 Å². The highest BCUT2D eigenvalue weighted by Crippen LogP contribution is 2.32. The van der Waals surface area contributed by atoms with Crippen LogP contribution in [0, 0.1) is 24.4 Å². The van der Waals surface area contributed by atoms with Crippen LogP contribution in [0.1, 0.15) is 27.2 Å². The number of aryl methyl sites for hydroxylation is 1. The zero-order valence-electron chi connectivity index (χ0n) is 19.3. The number of fused-ring (bicyclic) bond motifs is 2. The number of imidazole rings is 1. The predicted molar refractivity (Wildman–Crippen MR) is 124 cm³/mol. The van der Waals surface area contributed by atoms with E-state index in [1.54, 1.807) is 23.6 Å². The van der Waals surface area contributed by atoms with E-state index < -0.39 is 17.5 Å². The van der Waals surface area contributed by atoms with E-state index in [-0.39, 0.29) is 29.1 Å². The third kappa shape index (κ3) is 3.94. The average Bonchev–Trinajstić information content (AvgIpc) is 3.45. The number of carbonyl (C=O) groups excluding carboxylic acids is 1. The van der Waals surface area contributed by atoms with E-state index >= 15 is 4.39 Å². The molecule has 1 aliphatic heterocycles. The second-order valence-electron chi connectivity index (χ2n) is 8.54. The third-order valence-corrected chi connectivity index (χ3v) is 5.96. The van der Waals surface area contributed by atoms with Crippen molar-refractivity contribution < 1.29 is 22.7 Å². The molecule has 0 spiro atoms. The van der Waals surface area contributed by atoms with Crippen LogP contribution in [-0.2, 0) is 13.0 Å². The van der Waals surface area contributed by atoms with Gasteiger partial charge in [-0.2, -0.15) is 0 Å². The van der Waals surface area contributed by atoms with Gasteiger partial charge in [0.25, 0.3) is 5.91 Å². The molecule has 0 aliphatic carbocycles. The van der Waals surface area contributed by atoms with E-state index in [1.807, 2.05) is 0 Å². The number of aromatic nitrogens is 3.